The fourth-order valence-electron chi connectivity index (χ4n) is 5.57. The van der Waals surface area contributed by atoms with Crippen molar-refractivity contribution in [2.24, 2.45) is 7.05 Å². The number of benzene rings is 2. The number of hydrogen-bond acceptors (Lipinski definition) is 3. The fraction of sp³-hybridized carbons (Fsp3) is 0.481. The van der Waals surface area contributed by atoms with Gasteiger partial charge in [0.15, 0.2) is 0 Å². The monoisotopic (exact) mass is 485 g/mol. The number of rotatable bonds is 6. The third-order valence-electron chi connectivity index (χ3n) is 7.45. The maximum absolute atomic E-state index is 6.36. The van der Waals surface area contributed by atoms with Crippen molar-refractivity contribution in [1.82, 2.24) is 14.4 Å². The first-order chi connectivity index (χ1) is 16.1. The van der Waals surface area contributed by atoms with Crippen molar-refractivity contribution in [3.8, 4) is 5.75 Å². The second-order valence-electron chi connectivity index (χ2n) is 9.47. The number of nitrogens with zero attached hydrogens (tertiary/aromatic N) is 3. The lowest BCUT2D eigenvalue weighted by Gasteiger charge is -2.40. The van der Waals surface area contributed by atoms with E-state index in [1.54, 1.807) is 6.07 Å². The largest absolute Gasteiger partial charge is 0.486 e. The highest BCUT2D eigenvalue weighted by Gasteiger charge is 2.27. The average Bonchev–Trinajstić information content (AvgIpc) is 3.11. The number of para-hydroxylation sites is 1. The number of hydrogen-bond donors (Lipinski definition) is 0. The molecule has 2 aliphatic heterocycles. The molecule has 0 spiro atoms. The molecule has 3 aromatic rings. The Morgan fingerprint density at radius 3 is 2.45 bits per heavy atom. The molecular formula is C27H33Cl2N3O. The molecule has 0 radical (unpaired) electrons. The standard InChI is InChI=1S/C27H33Cl2N3O/c1-30-25-8-4-3-7-22(25)23(26(30)19-33-27-10-9-20(28)17-24(27)29)18-31-15-11-21(12-16-31)32-13-5-2-6-14-32/h3-4,7-10,17,21H,2,5-6,11-16,18-19H2,1H3. The van der Waals surface area contributed by atoms with Gasteiger partial charge in [-0.2, -0.15) is 0 Å². The van der Waals surface area contributed by atoms with Crippen LogP contribution in [0.25, 0.3) is 10.9 Å². The van der Waals surface area contributed by atoms with E-state index in [0.717, 1.165) is 25.7 Å². The molecule has 4 nitrogen and oxygen atoms in total. The predicted octanol–water partition coefficient (Wildman–Crippen LogP) is 6.51. The third-order valence-corrected chi connectivity index (χ3v) is 7.98. The van der Waals surface area contributed by atoms with Gasteiger partial charge in [0.1, 0.15) is 12.4 Å². The minimum absolute atomic E-state index is 0.478. The summed E-state index contributed by atoms with van der Waals surface area (Å²) in [7, 11) is 2.14. The SMILES string of the molecule is Cn1c(COc2ccc(Cl)cc2Cl)c(CN2CCC(N3CCCCC3)CC2)c2ccccc21. The Morgan fingerprint density at radius 2 is 1.70 bits per heavy atom. The number of ether oxygens (including phenoxy) is 1. The number of fused-ring (bicyclic) bond motifs is 1. The van der Waals surface area contributed by atoms with Gasteiger partial charge in [0.05, 0.1) is 10.7 Å². The van der Waals surface area contributed by atoms with Crippen LogP contribution in [0.3, 0.4) is 0 Å². The molecule has 6 heteroatoms. The van der Waals surface area contributed by atoms with Gasteiger partial charge in [0, 0.05) is 35.6 Å². The molecule has 1 aromatic heterocycles. The van der Waals surface area contributed by atoms with Crippen LogP contribution in [0.5, 0.6) is 5.75 Å². The summed E-state index contributed by atoms with van der Waals surface area (Å²) in [6, 6.07) is 14.8. The summed E-state index contributed by atoms with van der Waals surface area (Å²) in [5.41, 5.74) is 3.83. The highest BCUT2D eigenvalue weighted by molar-refractivity contribution is 6.35. The summed E-state index contributed by atoms with van der Waals surface area (Å²) in [5.74, 6) is 0.666. The van der Waals surface area contributed by atoms with Crippen LogP contribution in [0, 0.1) is 0 Å². The second kappa shape index (κ2) is 10.3. The molecule has 0 saturated carbocycles. The molecule has 0 amide bonds. The van der Waals surface area contributed by atoms with Crippen LogP contribution >= 0.6 is 23.2 Å². The van der Waals surface area contributed by atoms with Gasteiger partial charge in [-0.1, -0.05) is 47.8 Å². The van der Waals surface area contributed by atoms with E-state index in [9.17, 15) is 0 Å². The second-order valence-corrected chi connectivity index (χ2v) is 10.3. The smallest absolute Gasteiger partial charge is 0.138 e. The average molecular weight is 486 g/mol. The molecule has 0 N–H and O–H groups in total. The molecule has 2 fully saturated rings. The van der Waals surface area contributed by atoms with E-state index in [0.29, 0.717) is 22.4 Å². The molecule has 33 heavy (non-hydrogen) atoms. The van der Waals surface area contributed by atoms with Gasteiger partial charge in [-0.05, 0) is 81.7 Å². The van der Waals surface area contributed by atoms with Crippen LogP contribution in [-0.4, -0.2) is 46.6 Å². The third kappa shape index (κ3) is 5.05. The van der Waals surface area contributed by atoms with Crippen molar-refractivity contribution < 1.29 is 4.74 Å². The molecule has 2 saturated heterocycles. The fourth-order valence-corrected chi connectivity index (χ4v) is 6.04. The molecule has 3 heterocycles. The Kier molecular flexibility index (Phi) is 7.17. The number of likely N-dealkylation sites (tertiary alicyclic amines) is 2. The van der Waals surface area contributed by atoms with Gasteiger partial charge in [-0.15, -0.1) is 0 Å². The van der Waals surface area contributed by atoms with Crippen molar-refractivity contribution in [1.29, 1.82) is 0 Å². The number of aryl methyl sites for hydroxylation is 1. The van der Waals surface area contributed by atoms with E-state index in [-0.39, 0.29) is 0 Å². The zero-order chi connectivity index (χ0) is 22.8. The zero-order valence-electron chi connectivity index (χ0n) is 19.4. The van der Waals surface area contributed by atoms with E-state index in [1.807, 2.05) is 12.1 Å². The molecule has 0 bridgehead atoms. The maximum Gasteiger partial charge on any atom is 0.138 e. The summed E-state index contributed by atoms with van der Waals surface area (Å²) in [4.78, 5) is 5.37. The van der Waals surface area contributed by atoms with Gasteiger partial charge in [-0.25, -0.2) is 0 Å². The Balaban J connectivity index is 1.33. The van der Waals surface area contributed by atoms with Crippen LogP contribution in [-0.2, 0) is 20.2 Å². The Hall–Kier alpha value is -1.72. The first-order valence-corrected chi connectivity index (χ1v) is 12.9. The molecule has 0 atom stereocenters. The van der Waals surface area contributed by atoms with Crippen molar-refractivity contribution in [3.63, 3.8) is 0 Å². The molecule has 2 aliphatic rings. The van der Waals surface area contributed by atoms with Crippen LogP contribution in [0.15, 0.2) is 42.5 Å². The molecule has 0 aliphatic carbocycles. The quantitative estimate of drug-likeness (QED) is 0.396. The molecular weight excluding hydrogens is 453 g/mol. The minimum Gasteiger partial charge on any atom is -0.486 e. The lowest BCUT2D eigenvalue weighted by atomic mass is 9.99. The summed E-state index contributed by atoms with van der Waals surface area (Å²) in [5, 5.41) is 2.48. The van der Waals surface area contributed by atoms with Gasteiger partial charge in [-0.3, -0.25) is 4.90 Å². The van der Waals surface area contributed by atoms with Crippen LogP contribution in [0.1, 0.15) is 43.4 Å². The first kappa shape index (κ1) is 23.0. The van der Waals surface area contributed by atoms with Crippen molar-refractivity contribution in [2.75, 3.05) is 26.2 Å². The Morgan fingerprint density at radius 1 is 0.939 bits per heavy atom. The van der Waals surface area contributed by atoms with E-state index < -0.39 is 0 Å². The van der Waals surface area contributed by atoms with E-state index >= 15 is 0 Å². The number of halogens is 2. The van der Waals surface area contributed by atoms with Crippen molar-refractivity contribution in [3.05, 3.63) is 63.8 Å². The number of piperidine rings is 2. The normalized spacial score (nSPS) is 18.8. The molecule has 2 aromatic carbocycles. The predicted molar refractivity (Wildman–Crippen MR) is 137 cm³/mol. The zero-order valence-corrected chi connectivity index (χ0v) is 20.9. The highest BCUT2D eigenvalue weighted by atomic mass is 35.5. The Labute approximate surface area is 207 Å². The maximum atomic E-state index is 6.36. The summed E-state index contributed by atoms with van der Waals surface area (Å²) < 4.78 is 8.45. The lowest BCUT2D eigenvalue weighted by molar-refractivity contribution is 0.0895. The summed E-state index contributed by atoms with van der Waals surface area (Å²) in [6.45, 7) is 6.35. The summed E-state index contributed by atoms with van der Waals surface area (Å²) >= 11 is 12.4. The van der Waals surface area contributed by atoms with E-state index in [4.69, 9.17) is 27.9 Å². The molecule has 0 unspecified atom stereocenters. The van der Waals surface area contributed by atoms with Crippen LogP contribution < -0.4 is 4.74 Å². The van der Waals surface area contributed by atoms with Gasteiger partial charge in [0.2, 0.25) is 0 Å². The van der Waals surface area contributed by atoms with E-state index in [1.165, 1.54) is 67.4 Å². The van der Waals surface area contributed by atoms with Crippen molar-refractivity contribution in [2.45, 2.75) is 51.3 Å². The van der Waals surface area contributed by atoms with Gasteiger partial charge < -0.3 is 14.2 Å². The van der Waals surface area contributed by atoms with E-state index in [2.05, 4.69) is 45.7 Å². The molecule has 5 rings (SSSR count). The minimum atomic E-state index is 0.478. The Bertz CT molecular complexity index is 1100. The summed E-state index contributed by atoms with van der Waals surface area (Å²) in [6.07, 6.45) is 6.70. The van der Waals surface area contributed by atoms with Crippen LogP contribution in [0.4, 0.5) is 0 Å². The lowest BCUT2D eigenvalue weighted by Crippen LogP contribution is -2.46. The number of aromatic nitrogens is 1. The first-order valence-electron chi connectivity index (χ1n) is 12.2. The molecule has 176 valence electrons. The van der Waals surface area contributed by atoms with Crippen molar-refractivity contribution >= 4 is 34.1 Å². The van der Waals surface area contributed by atoms with Gasteiger partial charge in [0.25, 0.3) is 0 Å². The van der Waals surface area contributed by atoms with Crippen LogP contribution in [0.2, 0.25) is 10.0 Å². The van der Waals surface area contributed by atoms with Gasteiger partial charge >= 0.3 is 0 Å². The topological polar surface area (TPSA) is 20.6 Å². The highest BCUT2D eigenvalue weighted by Crippen LogP contribution is 2.32.